The second kappa shape index (κ2) is 14.3. The monoisotopic (exact) mass is 552 g/mol. The van der Waals surface area contributed by atoms with Crippen LogP contribution in [-0.4, -0.2) is 65.2 Å². The lowest BCUT2D eigenvalue weighted by molar-refractivity contribution is -0.139. The van der Waals surface area contributed by atoms with Crippen LogP contribution >= 0.6 is 11.8 Å². The van der Waals surface area contributed by atoms with Gasteiger partial charge in [0, 0.05) is 24.7 Å². The Kier molecular flexibility index (Phi) is 10.9. The Labute approximate surface area is 237 Å². The summed E-state index contributed by atoms with van der Waals surface area (Å²) in [6.07, 6.45) is 10.1. The molecule has 1 saturated heterocycles. The number of benzene rings is 2. The van der Waals surface area contributed by atoms with Crippen LogP contribution in [0.3, 0.4) is 0 Å². The molecule has 0 radical (unpaired) electrons. The topological polar surface area (TPSA) is 78.9 Å². The molecule has 2 N–H and O–H groups in total. The fourth-order valence-electron chi connectivity index (χ4n) is 6.03. The maximum absolute atomic E-state index is 13.4. The highest BCUT2D eigenvalue weighted by Crippen LogP contribution is 2.31. The van der Waals surface area contributed by atoms with Gasteiger partial charge in [0.15, 0.2) is 0 Å². The molecule has 3 atom stereocenters. The van der Waals surface area contributed by atoms with E-state index in [-0.39, 0.29) is 5.91 Å². The first-order valence-corrected chi connectivity index (χ1v) is 15.8. The first-order valence-electron chi connectivity index (χ1n) is 14.4. The van der Waals surface area contributed by atoms with E-state index in [4.69, 9.17) is 4.74 Å². The fourth-order valence-corrected chi connectivity index (χ4v) is 6.50. The highest BCUT2D eigenvalue weighted by Gasteiger charge is 2.31. The van der Waals surface area contributed by atoms with Crippen LogP contribution in [0.5, 0.6) is 0 Å². The van der Waals surface area contributed by atoms with Crippen molar-refractivity contribution in [3.8, 4) is 11.1 Å². The predicted octanol–water partition coefficient (Wildman–Crippen LogP) is 6.16. The molecule has 2 aliphatic rings. The van der Waals surface area contributed by atoms with Crippen LogP contribution in [0.15, 0.2) is 42.5 Å². The number of amides is 1. The Morgan fingerprint density at radius 1 is 1.13 bits per heavy atom. The normalized spacial score (nSPS) is 21.1. The van der Waals surface area contributed by atoms with E-state index in [0.29, 0.717) is 35.8 Å². The summed E-state index contributed by atoms with van der Waals surface area (Å²) in [5.41, 5.74) is 4.58. The molecule has 1 heterocycles. The number of carbonyl (C=O) groups excluding carboxylic acids is 1. The average molecular weight is 553 g/mol. The third kappa shape index (κ3) is 8.09. The summed E-state index contributed by atoms with van der Waals surface area (Å²) in [6, 6.07) is 13.6. The fraction of sp³-hybridized carbons (Fsp3) is 0.562. The Bertz CT molecular complexity index is 1120. The van der Waals surface area contributed by atoms with Gasteiger partial charge in [-0.15, -0.1) is 0 Å². The van der Waals surface area contributed by atoms with E-state index in [1.165, 1.54) is 32.1 Å². The molecule has 2 fully saturated rings. The highest BCUT2D eigenvalue weighted by molar-refractivity contribution is 7.98. The van der Waals surface area contributed by atoms with E-state index in [0.717, 1.165) is 48.4 Å². The predicted molar refractivity (Wildman–Crippen MR) is 159 cm³/mol. The zero-order valence-electron chi connectivity index (χ0n) is 23.7. The summed E-state index contributed by atoms with van der Waals surface area (Å²) in [5, 5.41) is 12.4. The Morgan fingerprint density at radius 3 is 2.62 bits per heavy atom. The molecule has 1 aliphatic heterocycles. The van der Waals surface area contributed by atoms with Gasteiger partial charge in [-0.05, 0) is 84.9 Å². The number of aryl methyl sites for hydroxylation is 1. The van der Waals surface area contributed by atoms with Gasteiger partial charge in [0.1, 0.15) is 6.04 Å². The van der Waals surface area contributed by atoms with Gasteiger partial charge in [-0.1, -0.05) is 56.5 Å². The van der Waals surface area contributed by atoms with Crippen molar-refractivity contribution in [2.45, 2.75) is 83.5 Å². The van der Waals surface area contributed by atoms with E-state index < -0.39 is 12.0 Å². The van der Waals surface area contributed by atoms with Crippen molar-refractivity contribution in [3.05, 3.63) is 59.2 Å². The van der Waals surface area contributed by atoms with Crippen LogP contribution in [0, 0.1) is 12.8 Å². The molecule has 1 saturated carbocycles. The van der Waals surface area contributed by atoms with E-state index >= 15 is 0 Å². The molecule has 3 unspecified atom stereocenters. The van der Waals surface area contributed by atoms with E-state index in [2.05, 4.69) is 23.2 Å². The van der Waals surface area contributed by atoms with E-state index in [1.807, 2.05) is 49.6 Å². The zero-order valence-corrected chi connectivity index (χ0v) is 24.5. The molecule has 2 aromatic carbocycles. The number of carboxylic acid groups (broad SMARTS) is 1. The number of hydrogen-bond acceptors (Lipinski definition) is 5. The van der Waals surface area contributed by atoms with Gasteiger partial charge in [0.25, 0.3) is 5.91 Å². The van der Waals surface area contributed by atoms with Gasteiger partial charge in [-0.25, -0.2) is 4.79 Å². The number of ether oxygens (including phenoxy) is 1. The minimum Gasteiger partial charge on any atom is -0.480 e. The molecular weight excluding hydrogens is 508 g/mol. The molecule has 39 heavy (non-hydrogen) atoms. The average Bonchev–Trinajstić information content (AvgIpc) is 3.28. The van der Waals surface area contributed by atoms with Crippen molar-refractivity contribution in [1.82, 2.24) is 10.2 Å². The molecule has 1 amide bonds. The standard InChI is InChI=1S/C32H44N2O4S/c1-22-17-25(21-38-26-10-5-4-6-11-26)34(19-22)20-24-13-14-28(29(18-24)27-12-8-7-9-23(27)2)31(35)33-30(32(36)37)15-16-39-3/h7-9,12-14,18,22,25-26,30H,4-6,10-11,15-17,19-21H2,1-3H3,(H,33,35)(H,36,37). The van der Waals surface area contributed by atoms with Gasteiger partial charge in [-0.3, -0.25) is 9.69 Å². The maximum atomic E-state index is 13.4. The Morgan fingerprint density at radius 2 is 1.90 bits per heavy atom. The van der Waals surface area contributed by atoms with Crippen LogP contribution < -0.4 is 5.32 Å². The molecule has 7 heteroatoms. The summed E-state index contributed by atoms with van der Waals surface area (Å²) in [7, 11) is 0. The Hall–Kier alpha value is -2.35. The van der Waals surface area contributed by atoms with E-state index in [9.17, 15) is 14.7 Å². The van der Waals surface area contributed by atoms with Crippen molar-refractivity contribution < 1.29 is 19.4 Å². The molecule has 0 bridgehead atoms. The molecule has 1 aliphatic carbocycles. The van der Waals surface area contributed by atoms with Gasteiger partial charge < -0.3 is 15.2 Å². The molecule has 212 valence electrons. The SMILES string of the molecule is CSCCC(NC(=O)c1ccc(CN2CC(C)CC2COC2CCCCC2)cc1-c1ccccc1C)C(=O)O. The molecule has 4 rings (SSSR count). The van der Waals surface area contributed by atoms with Crippen LogP contribution in [0.4, 0.5) is 0 Å². The van der Waals surface area contributed by atoms with Gasteiger partial charge >= 0.3 is 5.97 Å². The van der Waals surface area contributed by atoms with Crippen molar-refractivity contribution >= 4 is 23.6 Å². The number of nitrogens with one attached hydrogen (secondary N) is 1. The quantitative estimate of drug-likeness (QED) is 0.328. The summed E-state index contributed by atoms with van der Waals surface area (Å²) in [6.45, 7) is 6.98. The maximum Gasteiger partial charge on any atom is 0.326 e. The number of rotatable bonds is 12. The van der Waals surface area contributed by atoms with Crippen molar-refractivity contribution in [1.29, 1.82) is 0 Å². The van der Waals surface area contributed by atoms with Crippen molar-refractivity contribution in [2.75, 3.05) is 25.2 Å². The Balaban J connectivity index is 1.55. The number of hydrogen-bond donors (Lipinski definition) is 2. The van der Waals surface area contributed by atoms with Crippen LogP contribution in [0.25, 0.3) is 11.1 Å². The van der Waals surface area contributed by atoms with E-state index in [1.54, 1.807) is 11.8 Å². The lowest BCUT2D eigenvalue weighted by Gasteiger charge is -2.28. The number of likely N-dealkylation sites (tertiary alicyclic amines) is 1. The third-order valence-electron chi connectivity index (χ3n) is 8.18. The van der Waals surface area contributed by atoms with Gasteiger partial charge in [0.2, 0.25) is 0 Å². The van der Waals surface area contributed by atoms with Crippen LogP contribution in [0.1, 0.15) is 73.4 Å². The summed E-state index contributed by atoms with van der Waals surface area (Å²) in [4.78, 5) is 27.7. The smallest absolute Gasteiger partial charge is 0.326 e. The molecule has 2 aromatic rings. The molecular formula is C32H44N2O4S. The second-order valence-electron chi connectivity index (χ2n) is 11.4. The number of carbonyl (C=O) groups is 2. The van der Waals surface area contributed by atoms with Gasteiger partial charge in [-0.2, -0.15) is 11.8 Å². The van der Waals surface area contributed by atoms with Crippen LogP contribution in [0.2, 0.25) is 0 Å². The van der Waals surface area contributed by atoms with Crippen molar-refractivity contribution in [2.24, 2.45) is 5.92 Å². The van der Waals surface area contributed by atoms with Gasteiger partial charge in [0.05, 0.1) is 12.7 Å². The lowest BCUT2D eigenvalue weighted by atomic mass is 9.93. The largest absolute Gasteiger partial charge is 0.480 e. The summed E-state index contributed by atoms with van der Waals surface area (Å²) >= 11 is 1.57. The first-order chi connectivity index (χ1) is 18.9. The number of aliphatic carboxylic acids is 1. The first kappa shape index (κ1) is 29.6. The highest BCUT2D eigenvalue weighted by atomic mass is 32.2. The molecule has 6 nitrogen and oxygen atoms in total. The van der Waals surface area contributed by atoms with Crippen molar-refractivity contribution in [3.63, 3.8) is 0 Å². The van der Waals surface area contributed by atoms with Crippen LogP contribution in [-0.2, 0) is 16.1 Å². The molecule has 0 spiro atoms. The minimum atomic E-state index is -1.00. The number of thioether (sulfide) groups is 1. The third-order valence-corrected chi connectivity index (χ3v) is 8.82. The minimum absolute atomic E-state index is 0.346. The lowest BCUT2D eigenvalue weighted by Crippen LogP contribution is -2.41. The summed E-state index contributed by atoms with van der Waals surface area (Å²) in [5.74, 6) is -0.0567. The number of carboxylic acids is 1. The number of nitrogens with zero attached hydrogens (tertiary/aromatic N) is 1. The second-order valence-corrected chi connectivity index (χ2v) is 12.3. The summed E-state index contributed by atoms with van der Waals surface area (Å²) < 4.78 is 6.38. The zero-order chi connectivity index (χ0) is 27.8. The molecule has 0 aromatic heterocycles.